The molecule has 0 aromatic carbocycles. The van der Waals surface area contributed by atoms with Gasteiger partial charge < -0.3 is 0 Å². The number of allylic oxidation sites excluding steroid dienone is 5. The molecule has 0 heterocycles. The highest BCUT2D eigenvalue weighted by atomic mass is 16.1. The molecule has 1 saturated carbocycles. The van der Waals surface area contributed by atoms with E-state index in [0.717, 1.165) is 19.3 Å². The van der Waals surface area contributed by atoms with Crippen LogP contribution < -0.4 is 0 Å². The van der Waals surface area contributed by atoms with Crippen molar-refractivity contribution in [2.24, 2.45) is 23.2 Å². The van der Waals surface area contributed by atoms with Gasteiger partial charge in [-0.05, 0) is 56.4 Å². The van der Waals surface area contributed by atoms with Crippen molar-refractivity contribution >= 4 is 5.78 Å². The lowest BCUT2D eigenvalue weighted by atomic mass is 9.66. The molecule has 1 fully saturated rings. The van der Waals surface area contributed by atoms with Gasteiger partial charge in [-0.15, -0.1) is 0 Å². The molecule has 3 aliphatic rings. The van der Waals surface area contributed by atoms with E-state index >= 15 is 0 Å². The van der Waals surface area contributed by atoms with Gasteiger partial charge in [0.15, 0.2) is 5.78 Å². The molecule has 1 heteroatoms. The summed E-state index contributed by atoms with van der Waals surface area (Å²) in [6.07, 6.45) is 10.7. The van der Waals surface area contributed by atoms with Gasteiger partial charge in [0.05, 0.1) is 0 Å². The van der Waals surface area contributed by atoms with Gasteiger partial charge in [0, 0.05) is 5.41 Å². The van der Waals surface area contributed by atoms with E-state index in [9.17, 15) is 4.79 Å². The van der Waals surface area contributed by atoms with Crippen LogP contribution in [-0.4, -0.2) is 5.78 Å². The molecule has 0 bridgehead atoms. The van der Waals surface area contributed by atoms with Gasteiger partial charge in [-0.2, -0.15) is 0 Å². The third-order valence-electron chi connectivity index (χ3n) is 5.57. The van der Waals surface area contributed by atoms with Crippen molar-refractivity contribution in [3.05, 3.63) is 36.0 Å². The Balaban J connectivity index is 2.01. The zero-order chi connectivity index (χ0) is 12.9. The maximum atomic E-state index is 12.2. The van der Waals surface area contributed by atoms with E-state index < -0.39 is 0 Å². The minimum absolute atomic E-state index is 0.173. The van der Waals surface area contributed by atoms with Gasteiger partial charge in [0.1, 0.15) is 0 Å². The first-order chi connectivity index (χ1) is 8.52. The average molecular weight is 242 g/mol. The summed E-state index contributed by atoms with van der Waals surface area (Å²) >= 11 is 0. The summed E-state index contributed by atoms with van der Waals surface area (Å²) in [4.78, 5) is 12.2. The van der Waals surface area contributed by atoms with Crippen LogP contribution in [0.4, 0.5) is 0 Å². The molecule has 0 aliphatic heterocycles. The Hall–Kier alpha value is -1.11. The van der Waals surface area contributed by atoms with E-state index in [1.54, 1.807) is 0 Å². The van der Waals surface area contributed by atoms with Crippen LogP contribution in [0.3, 0.4) is 0 Å². The fourth-order valence-electron chi connectivity index (χ4n) is 4.14. The number of fused-ring (bicyclic) bond motifs is 2. The highest BCUT2D eigenvalue weighted by Gasteiger charge is 2.47. The Morgan fingerprint density at radius 1 is 1.39 bits per heavy atom. The van der Waals surface area contributed by atoms with Crippen LogP contribution in [-0.2, 0) is 4.79 Å². The largest absolute Gasteiger partial charge is 0.294 e. The molecular formula is C17H22O. The topological polar surface area (TPSA) is 17.1 Å². The Bertz CT molecular complexity index is 468. The summed E-state index contributed by atoms with van der Waals surface area (Å²) in [6, 6.07) is 0. The van der Waals surface area contributed by atoms with Crippen LogP contribution in [0.1, 0.15) is 39.5 Å². The van der Waals surface area contributed by atoms with E-state index in [-0.39, 0.29) is 5.41 Å². The zero-order valence-electron chi connectivity index (χ0n) is 11.4. The molecule has 1 nitrogen and oxygen atoms in total. The number of rotatable bonds is 0. The number of carbonyl (C=O) groups excluding carboxylic acids is 1. The second-order valence-electron chi connectivity index (χ2n) is 6.55. The third-order valence-corrected chi connectivity index (χ3v) is 5.57. The first kappa shape index (κ1) is 12.0. The molecule has 0 radical (unpaired) electrons. The minimum atomic E-state index is -0.173. The molecule has 0 aromatic heterocycles. The second kappa shape index (κ2) is 3.94. The molecule has 0 N–H and O–H groups in total. The van der Waals surface area contributed by atoms with E-state index in [1.807, 2.05) is 6.08 Å². The number of carbonyl (C=O) groups is 1. The molecule has 96 valence electrons. The minimum Gasteiger partial charge on any atom is -0.294 e. The predicted octanol–water partition coefficient (Wildman–Crippen LogP) is 4.07. The normalized spacial score (nSPS) is 46.1. The highest BCUT2D eigenvalue weighted by Crippen LogP contribution is 2.52. The second-order valence-corrected chi connectivity index (χ2v) is 6.55. The monoisotopic (exact) mass is 242 g/mol. The van der Waals surface area contributed by atoms with Crippen LogP contribution in [0.2, 0.25) is 0 Å². The van der Waals surface area contributed by atoms with Gasteiger partial charge in [0.25, 0.3) is 0 Å². The van der Waals surface area contributed by atoms with Crippen molar-refractivity contribution in [1.29, 1.82) is 0 Å². The first-order valence-electron chi connectivity index (χ1n) is 7.09. The lowest BCUT2D eigenvalue weighted by molar-refractivity contribution is -0.124. The van der Waals surface area contributed by atoms with Crippen LogP contribution in [0.15, 0.2) is 36.0 Å². The zero-order valence-corrected chi connectivity index (χ0v) is 11.4. The SMILES string of the molecule is C=C1CC[C@H]2/C(C)=C\C[C@@H]3C=CC(=O)[C@@]3(C)C[C@H]12. The molecular weight excluding hydrogens is 220 g/mol. The van der Waals surface area contributed by atoms with Gasteiger partial charge in [0.2, 0.25) is 0 Å². The third kappa shape index (κ3) is 1.56. The summed E-state index contributed by atoms with van der Waals surface area (Å²) in [6.45, 7) is 8.68. The fraction of sp³-hybridized carbons (Fsp3) is 0.588. The summed E-state index contributed by atoms with van der Waals surface area (Å²) in [5.41, 5.74) is 2.72. The van der Waals surface area contributed by atoms with Gasteiger partial charge in [-0.1, -0.05) is 36.8 Å². The molecule has 4 atom stereocenters. The quantitative estimate of drug-likeness (QED) is 0.585. The van der Waals surface area contributed by atoms with E-state index in [2.05, 4.69) is 32.6 Å². The summed E-state index contributed by atoms with van der Waals surface area (Å²) in [5, 5.41) is 0. The molecule has 0 aromatic rings. The Labute approximate surface area is 110 Å². The summed E-state index contributed by atoms with van der Waals surface area (Å²) in [5.74, 6) is 1.90. The Morgan fingerprint density at radius 2 is 2.17 bits per heavy atom. The smallest absolute Gasteiger partial charge is 0.161 e. The molecule has 3 rings (SSSR count). The van der Waals surface area contributed by atoms with Crippen LogP contribution in [0.25, 0.3) is 0 Å². The van der Waals surface area contributed by atoms with Crippen LogP contribution >= 0.6 is 0 Å². The van der Waals surface area contributed by atoms with Crippen molar-refractivity contribution in [1.82, 2.24) is 0 Å². The van der Waals surface area contributed by atoms with Gasteiger partial charge in [-0.3, -0.25) is 4.79 Å². The standard InChI is InChI=1S/C17H22O/c1-11-4-6-13-7-9-16(18)17(13,3)10-15-12(2)5-8-14(11)15/h4,7,9,13-15H,2,5-6,8,10H2,1,3H3/b11-4-/t13-,14+,15-,17+/m1/s1. The van der Waals surface area contributed by atoms with E-state index in [1.165, 1.54) is 17.6 Å². The van der Waals surface area contributed by atoms with E-state index in [4.69, 9.17) is 0 Å². The molecule has 18 heavy (non-hydrogen) atoms. The van der Waals surface area contributed by atoms with Gasteiger partial charge >= 0.3 is 0 Å². The molecule has 0 unspecified atom stereocenters. The maximum Gasteiger partial charge on any atom is 0.161 e. The van der Waals surface area contributed by atoms with Crippen molar-refractivity contribution < 1.29 is 4.79 Å². The first-order valence-corrected chi connectivity index (χ1v) is 7.09. The van der Waals surface area contributed by atoms with Crippen molar-refractivity contribution in [2.45, 2.75) is 39.5 Å². The average Bonchev–Trinajstić information content (AvgIpc) is 2.80. The molecule has 3 aliphatic carbocycles. The number of hydrogen-bond donors (Lipinski definition) is 0. The molecule has 0 amide bonds. The maximum absolute atomic E-state index is 12.2. The Kier molecular flexibility index (Phi) is 2.62. The highest BCUT2D eigenvalue weighted by molar-refractivity contribution is 5.97. The fourth-order valence-corrected chi connectivity index (χ4v) is 4.14. The number of hydrogen-bond acceptors (Lipinski definition) is 1. The van der Waals surface area contributed by atoms with Crippen LogP contribution in [0.5, 0.6) is 0 Å². The van der Waals surface area contributed by atoms with Crippen LogP contribution in [0, 0.1) is 23.2 Å². The van der Waals surface area contributed by atoms with Crippen molar-refractivity contribution in [3.63, 3.8) is 0 Å². The number of ketones is 1. The summed E-state index contributed by atoms with van der Waals surface area (Å²) in [7, 11) is 0. The van der Waals surface area contributed by atoms with Crippen molar-refractivity contribution in [3.8, 4) is 0 Å². The van der Waals surface area contributed by atoms with Crippen molar-refractivity contribution in [2.75, 3.05) is 0 Å². The van der Waals surface area contributed by atoms with E-state index in [0.29, 0.717) is 23.5 Å². The lowest BCUT2D eigenvalue weighted by Gasteiger charge is -2.37. The molecule has 0 spiro atoms. The molecule has 0 saturated heterocycles. The van der Waals surface area contributed by atoms with Gasteiger partial charge in [-0.25, -0.2) is 0 Å². The summed E-state index contributed by atoms with van der Waals surface area (Å²) < 4.78 is 0. The lowest BCUT2D eigenvalue weighted by Crippen LogP contribution is -2.34. The predicted molar refractivity (Wildman–Crippen MR) is 74.1 cm³/mol. The Morgan fingerprint density at radius 3 is 2.94 bits per heavy atom.